The summed E-state index contributed by atoms with van der Waals surface area (Å²) in [6.07, 6.45) is 3.30. The molecular formula is C13H19N3O2. The Hall–Kier alpha value is -1.62. The summed E-state index contributed by atoms with van der Waals surface area (Å²) in [5.74, 6) is 0.203. The van der Waals surface area contributed by atoms with Crippen LogP contribution in [0.5, 0.6) is 0 Å². The lowest BCUT2D eigenvalue weighted by Gasteiger charge is -2.15. The van der Waals surface area contributed by atoms with Gasteiger partial charge >= 0.3 is 0 Å². The standard InChI is InChI=1S/C13H19N3O2/c1-18-8-7-13(5-6-13)9-15-12(17)10-3-2-4-11(14)16-10/h2-4H,5-9H2,1H3,(H2,14,16)(H,15,17). The summed E-state index contributed by atoms with van der Waals surface area (Å²) in [5.41, 5.74) is 6.16. The average molecular weight is 249 g/mol. The number of anilines is 1. The number of amides is 1. The van der Waals surface area contributed by atoms with Gasteiger partial charge in [-0.1, -0.05) is 6.07 Å². The first kappa shape index (κ1) is 12.8. The van der Waals surface area contributed by atoms with Gasteiger partial charge in [-0.2, -0.15) is 0 Å². The summed E-state index contributed by atoms with van der Waals surface area (Å²) in [7, 11) is 1.70. The number of hydrogen-bond acceptors (Lipinski definition) is 4. The van der Waals surface area contributed by atoms with Crippen molar-refractivity contribution in [3.05, 3.63) is 23.9 Å². The monoisotopic (exact) mass is 249 g/mol. The van der Waals surface area contributed by atoms with E-state index in [0.29, 0.717) is 18.1 Å². The van der Waals surface area contributed by atoms with Crippen molar-refractivity contribution in [3.63, 3.8) is 0 Å². The van der Waals surface area contributed by atoms with E-state index < -0.39 is 0 Å². The van der Waals surface area contributed by atoms with Gasteiger partial charge in [0.25, 0.3) is 5.91 Å². The second-order valence-electron chi connectivity index (χ2n) is 4.87. The van der Waals surface area contributed by atoms with Crippen LogP contribution in [-0.2, 0) is 4.74 Å². The van der Waals surface area contributed by atoms with Gasteiger partial charge in [0.15, 0.2) is 0 Å². The molecule has 1 amide bonds. The van der Waals surface area contributed by atoms with E-state index in [4.69, 9.17) is 10.5 Å². The smallest absolute Gasteiger partial charge is 0.269 e. The maximum Gasteiger partial charge on any atom is 0.269 e. The zero-order valence-electron chi connectivity index (χ0n) is 10.6. The van der Waals surface area contributed by atoms with Gasteiger partial charge in [0, 0.05) is 20.3 Å². The number of ether oxygens (including phenoxy) is 1. The van der Waals surface area contributed by atoms with Crippen LogP contribution in [0.25, 0.3) is 0 Å². The van der Waals surface area contributed by atoms with Crippen molar-refractivity contribution < 1.29 is 9.53 Å². The first-order chi connectivity index (χ1) is 8.65. The van der Waals surface area contributed by atoms with Crippen molar-refractivity contribution in [2.45, 2.75) is 19.3 Å². The predicted octanol–water partition coefficient (Wildman–Crippen LogP) is 1.21. The lowest BCUT2D eigenvalue weighted by atomic mass is 10.0. The highest BCUT2D eigenvalue weighted by Gasteiger charge is 2.42. The van der Waals surface area contributed by atoms with Crippen LogP contribution in [0.1, 0.15) is 29.8 Å². The molecule has 3 N–H and O–H groups in total. The highest BCUT2D eigenvalue weighted by atomic mass is 16.5. The average Bonchev–Trinajstić information content (AvgIpc) is 3.14. The van der Waals surface area contributed by atoms with Gasteiger partial charge in [-0.3, -0.25) is 4.79 Å². The first-order valence-corrected chi connectivity index (χ1v) is 6.15. The normalized spacial score (nSPS) is 16.3. The van der Waals surface area contributed by atoms with E-state index >= 15 is 0 Å². The molecule has 0 saturated heterocycles. The summed E-state index contributed by atoms with van der Waals surface area (Å²) in [5, 5.41) is 2.93. The molecule has 0 aromatic carbocycles. The quantitative estimate of drug-likeness (QED) is 0.794. The molecule has 0 bridgehead atoms. The summed E-state index contributed by atoms with van der Waals surface area (Å²) < 4.78 is 5.08. The van der Waals surface area contributed by atoms with E-state index in [9.17, 15) is 4.79 Å². The van der Waals surface area contributed by atoms with Gasteiger partial charge in [0.1, 0.15) is 11.5 Å². The van der Waals surface area contributed by atoms with Crippen molar-refractivity contribution in [1.82, 2.24) is 10.3 Å². The molecule has 1 heterocycles. The molecular weight excluding hydrogens is 230 g/mol. The Labute approximate surface area is 107 Å². The van der Waals surface area contributed by atoms with Crippen LogP contribution in [0.2, 0.25) is 0 Å². The first-order valence-electron chi connectivity index (χ1n) is 6.15. The fourth-order valence-corrected chi connectivity index (χ4v) is 1.95. The van der Waals surface area contributed by atoms with Crippen molar-refractivity contribution in [2.75, 3.05) is 26.0 Å². The Morgan fingerprint density at radius 2 is 2.33 bits per heavy atom. The Balaban J connectivity index is 1.85. The fourth-order valence-electron chi connectivity index (χ4n) is 1.95. The van der Waals surface area contributed by atoms with Crippen molar-refractivity contribution in [2.24, 2.45) is 5.41 Å². The molecule has 0 atom stereocenters. The van der Waals surface area contributed by atoms with E-state index in [1.807, 2.05) is 0 Å². The minimum absolute atomic E-state index is 0.161. The number of nitrogens with one attached hydrogen (secondary N) is 1. The van der Waals surface area contributed by atoms with Crippen LogP contribution in [0.3, 0.4) is 0 Å². The number of nitrogens with zero attached hydrogens (tertiary/aromatic N) is 1. The maximum atomic E-state index is 11.9. The van der Waals surface area contributed by atoms with Crippen molar-refractivity contribution in [1.29, 1.82) is 0 Å². The zero-order valence-corrected chi connectivity index (χ0v) is 10.6. The lowest BCUT2D eigenvalue weighted by molar-refractivity contribution is 0.0933. The highest BCUT2D eigenvalue weighted by Crippen LogP contribution is 2.48. The Kier molecular flexibility index (Phi) is 3.81. The van der Waals surface area contributed by atoms with E-state index in [1.54, 1.807) is 25.3 Å². The van der Waals surface area contributed by atoms with Gasteiger partial charge in [-0.15, -0.1) is 0 Å². The molecule has 2 rings (SSSR count). The summed E-state index contributed by atoms with van der Waals surface area (Å²) >= 11 is 0. The van der Waals surface area contributed by atoms with Crippen LogP contribution in [0.15, 0.2) is 18.2 Å². The number of carbonyl (C=O) groups excluding carboxylic acids is 1. The molecule has 0 unspecified atom stereocenters. The molecule has 1 saturated carbocycles. The molecule has 18 heavy (non-hydrogen) atoms. The number of aromatic nitrogens is 1. The van der Waals surface area contributed by atoms with Crippen LogP contribution in [-0.4, -0.2) is 31.2 Å². The van der Waals surface area contributed by atoms with Crippen LogP contribution in [0.4, 0.5) is 5.82 Å². The number of methoxy groups -OCH3 is 1. The van der Waals surface area contributed by atoms with Crippen LogP contribution < -0.4 is 11.1 Å². The van der Waals surface area contributed by atoms with E-state index in [1.165, 1.54) is 0 Å². The minimum Gasteiger partial charge on any atom is -0.385 e. The third-order valence-electron chi connectivity index (χ3n) is 3.42. The zero-order chi connectivity index (χ0) is 13.0. The Morgan fingerprint density at radius 1 is 1.56 bits per heavy atom. The van der Waals surface area contributed by atoms with Gasteiger partial charge in [0.2, 0.25) is 0 Å². The topological polar surface area (TPSA) is 77.2 Å². The number of rotatable bonds is 6. The minimum atomic E-state index is -0.161. The second kappa shape index (κ2) is 5.35. The molecule has 0 aliphatic heterocycles. The number of nitrogen functional groups attached to an aromatic ring is 1. The van der Waals surface area contributed by atoms with Gasteiger partial charge < -0.3 is 15.8 Å². The van der Waals surface area contributed by atoms with Crippen molar-refractivity contribution in [3.8, 4) is 0 Å². The van der Waals surface area contributed by atoms with E-state index in [-0.39, 0.29) is 11.3 Å². The Morgan fingerprint density at radius 3 is 2.94 bits per heavy atom. The summed E-state index contributed by atoms with van der Waals surface area (Å²) in [6, 6.07) is 5.06. The Bertz CT molecular complexity index is 430. The number of pyridine rings is 1. The summed E-state index contributed by atoms with van der Waals surface area (Å²) in [4.78, 5) is 15.9. The SMILES string of the molecule is COCCC1(CNC(=O)c2cccc(N)n2)CC1. The number of hydrogen-bond donors (Lipinski definition) is 2. The van der Waals surface area contributed by atoms with Crippen LogP contribution in [0, 0.1) is 5.41 Å². The van der Waals surface area contributed by atoms with Crippen LogP contribution >= 0.6 is 0 Å². The van der Waals surface area contributed by atoms with E-state index in [2.05, 4.69) is 10.3 Å². The van der Waals surface area contributed by atoms with Crippen molar-refractivity contribution >= 4 is 11.7 Å². The molecule has 5 nitrogen and oxygen atoms in total. The molecule has 0 spiro atoms. The second-order valence-corrected chi connectivity index (χ2v) is 4.87. The number of carbonyl (C=O) groups is 1. The molecule has 0 radical (unpaired) electrons. The molecule has 5 heteroatoms. The van der Waals surface area contributed by atoms with Gasteiger partial charge in [-0.25, -0.2) is 4.98 Å². The number of nitrogens with two attached hydrogens (primary N) is 1. The third kappa shape index (κ3) is 3.20. The molecule has 98 valence electrons. The van der Waals surface area contributed by atoms with Gasteiger partial charge in [-0.05, 0) is 36.8 Å². The maximum absolute atomic E-state index is 11.9. The predicted molar refractivity (Wildman–Crippen MR) is 69.1 cm³/mol. The molecule has 1 aliphatic rings. The summed E-state index contributed by atoms with van der Waals surface area (Å²) in [6.45, 7) is 1.43. The molecule has 1 aliphatic carbocycles. The van der Waals surface area contributed by atoms with Gasteiger partial charge in [0.05, 0.1) is 0 Å². The molecule has 1 fully saturated rings. The third-order valence-corrected chi connectivity index (χ3v) is 3.42. The molecule has 1 aromatic rings. The lowest BCUT2D eigenvalue weighted by Crippen LogP contribution is -2.31. The van der Waals surface area contributed by atoms with E-state index in [0.717, 1.165) is 25.9 Å². The largest absolute Gasteiger partial charge is 0.385 e. The molecule has 1 aromatic heterocycles. The highest BCUT2D eigenvalue weighted by molar-refractivity contribution is 5.92. The fraction of sp³-hybridized carbons (Fsp3) is 0.538.